The number of hydrogen-bond donors (Lipinski definition) is 3. The number of hydrogen-bond acceptors (Lipinski definition) is 5. The Morgan fingerprint density at radius 1 is 1.03 bits per heavy atom. The van der Waals surface area contributed by atoms with Crippen molar-refractivity contribution in [3.05, 3.63) is 92.3 Å². The smallest absolute Gasteiger partial charge is 0.279 e. The van der Waals surface area contributed by atoms with E-state index in [-0.39, 0.29) is 21.6 Å². The van der Waals surface area contributed by atoms with Crippen molar-refractivity contribution >= 4 is 21.6 Å². The van der Waals surface area contributed by atoms with Crippen molar-refractivity contribution in [2.45, 2.75) is 38.0 Å². The Morgan fingerprint density at radius 3 is 2.38 bits per heavy atom. The number of benzene rings is 2. The number of aromatic amines is 1. The van der Waals surface area contributed by atoms with Crippen LogP contribution in [0.1, 0.15) is 42.3 Å². The molecule has 32 heavy (non-hydrogen) atoms. The maximum atomic E-state index is 13.2. The molecule has 0 spiro atoms. The van der Waals surface area contributed by atoms with E-state index in [1.54, 1.807) is 31.2 Å². The highest BCUT2D eigenvalue weighted by atomic mass is 32.2. The first-order valence-electron chi connectivity index (χ1n) is 9.75. The molecular formula is C22H24N4O5S. The van der Waals surface area contributed by atoms with Crippen LogP contribution in [0, 0.1) is 6.92 Å². The largest absolute Gasteiger partial charge is 0.347 e. The quantitative estimate of drug-likeness (QED) is 0.542. The van der Waals surface area contributed by atoms with Gasteiger partial charge in [-0.1, -0.05) is 45.0 Å². The van der Waals surface area contributed by atoms with Crippen LogP contribution in [0.15, 0.2) is 69.2 Å². The summed E-state index contributed by atoms with van der Waals surface area (Å²) in [6, 6.07) is 12.3. The van der Waals surface area contributed by atoms with E-state index in [9.17, 15) is 22.8 Å². The van der Waals surface area contributed by atoms with E-state index in [4.69, 9.17) is 0 Å². The van der Waals surface area contributed by atoms with E-state index >= 15 is 0 Å². The maximum Gasteiger partial charge on any atom is 0.347 e. The SMILES string of the molecule is Cc1ccc(C(C)(C)C)cc1S(=O)(=O)Nc1ccccc1C(=O)Nn1ccc(=O)[nH]c1=O. The molecule has 1 amide bonds. The molecule has 0 atom stereocenters. The van der Waals surface area contributed by atoms with Gasteiger partial charge in [-0.15, -0.1) is 0 Å². The summed E-state index contributed by atoms with van der Waals surface area (Å²) in [5, 5.41) is 0. The third-order valence-electron chi connectivity index (χ3n) is 4.81. The third kappa shape index (κ3) is 4.97. The number of rotatable bonds is 5. The second-order valence-corrected chi connectivity index (χ2v) is 9.95. The summed E-state index contributed by atoms with van der Waals surface area (Å²) < 4.78 is 29.7. The van der Waals surface area contributed by atoms with Gasteiger partial charge in [0.2, 0.25) is 0 Å². The Hall–Kier alpha value is -3.66. The number of sulfonamides is 1. The van der Waals surface area contributed by atoms with Crippen LogP contribution in [0.4, 0.5) is 5.69 Å². The zero-order valence-electron chi connectivity index (χ0n) is 18.1. The Kier molecular flexibility index (Phi) is 6.09. The van der Waals surface area contributed by atoms with Gasteiger partial charge in [-0.25, -0.2) is 17.9 Å². The lowest BCUT2D eigenvalue weighted by Gasteiger charge is -2.21. The van der Waals surface area contributed by atoms with Crippen molar-refractivity contribution in [3.63, 3.8) is 0 Å². The normalized spacial score (nSPS) is 11.8. The summed E-state index contributed by atoms with van der Waals surface area (Å²) in [5.74, 6) is -0.738. The number of aromatic nitrogens is 2. The molecule has 3 rings (SSSR count). The first kappa shape index (κ1) is 23.0. The molecule has 10 heteroatoms. The van der Waals surface area contributed by atoms with Gasteiger partial charge in [-0.3, -0.25) is 24.7 Å². The molecule has 1 heterocycles. The number of carbonyl (C=O) groups is 1. The van der Waals surface area contributed by atoms with Crippen LogP contribution in [0.25, 0.3) is 0 Å². The lowest BCUT2D eigenvalue weighted by molar-refractivity contribution is 0.101. The van der Waals surface area contributed by atoms with Crippen LogP contribution in [-0.2, 0) is 15.4 Å². The molecule has 0 radical (unpaired) electrons. The monoisotopic (exact) mass is 456 g/mol. The topological polar surface area (TPSA) is 130 Å². The molecule has 0 saturated heterocycles. The predicted octanol–water partition coefficient (Wildman–Crippen LogP) is 2.33. The zero-order chi connectivity index (χ0) is 23.7. The predicted molar refractivity (Wildman–Crippen MR) is 122 cm³/mol. The van der Waals surface area contributed by atoms with Crippen LogP contribution in [0.3, 0.4) is 0 Å². The fraction of sp³-hybridized carbons (Fsp3) is 0.227. The summed E-state index contributed by atoms with van der Waals surface area (Å²) in [6.45, 7) is 7.65. The molecule has 3 aromatic rings. The molecule has 0 aliphatic rings. The lowest BCUT2D eigenvalue weighted by atomic mass is 9.87. The Labute approximate surface area is 185 Å². The summed E-state index contributed by atoms with van der Waals surface area (Å²) in [4.78, 5) is 37.9. The number of carbonyl (C=O) groups excluding carboxylic acids is 1. The average Bonchev–Trinajstić information content (AvgIpc) is 2.69. The van der Waals surface area contributed by atoms with Gasteiger partial charge in [0.25, 0.3) is 21.5 Å². The molecule has 1 aromatic heterocycles. The molecule has 3 N–H and O–H groups in total. The molecule has 0 saturated carbocycles. The van der Waals surface area contributed by atoms with Gasteiger partial charge in [0, 0.05) is 12.3 Å². The van der Waals surface area contributed by atoms with E-state index in [2.05, 4.69) is 10.1 Å². The number of amides is 1. The Morgan fingerprint density at radius 2 is 1.72 bits per heavy atom. The molecular weight excluding hydrogens is 432 g/mol. The number of nitrogens with zero attached hydrogens (tertiary/aromatic N) is 1. The fourth-order valence-electron chi connectivity index (χ4n) is 3.00. The summed E-state index contributed by atoms with van der Waals surface area (Å²) >= 11 is 0. The summed E-state index contributed by atoms with van der Waals surface area (Å²) in [5.41, 5.74) is 2.08. The van der Waals surface area contributed by atoms with Crippen LogP contribution >= 0.6 is 0 Å². The number of para-hydroxylation sites is 1. The second kappa shape index (κ2) is 8.46. The van der Waals surface area contributed by atoms with Crippen LogP contribution in [0.5, 0.6) is 0 Å². The van der Waals surface area contributed by atoms with E-state index in [1.807, 2.05) is 31.8 Å². The molecule has 2 aromatic carbocycles. The van der Waals surface area contributed by atoms with Crippen molar-refractivity contribution in [2.24, 2.45) is 0 Å². The van der Waals surface area contributed by atoms with Crippen molar-refractivity contribution in [1.82, 2.24) is 9.66 Å². The van der Waals surface area contributed by atoms with Crippen molar-refractivity contribution in [3.8, 4) is 0 Å². The third-order valence-corrected chi connectivity index (χ3v) is 6.31. The van der Waals surface area contributed by atoms with Crippen LogP contribution in [0.2, 0.25) is 0 Å². The average molecular weight is 457 g/mol. The van der Waals surface area contributed by atoms with Crippen molar-refractivity contribution in [2.75, 3.05) is 10.1 Å². The fourth-order valence-corrected chi connectivity index (χ4v) is 4.35. The number of aryl methyl sites for hydroxylation is 1. The van der Waals surface area contributed by atoms with E-state index in [0.717, 1.165) is 22.5 Å². The van der Waals surface area contributed by atoms with Gasteiger partial charge >= 0.3 is 5.69 Å². The lowest BCUT2D eigenvalue weighted by Crippen LogP contribution is -2.37. The highest BCUT2D eigenvalue weighted by Crippen LogP contribution is 2.28. The Balaban J connectivity index is 1.96. The van der Waals surface area contributed by atoms with E-state index in [0.29, 0.717) is 5.56 Å². The van der Waals surface area contributed by atoms with Crippen LogP contribution < -0.4 is 21.4 Å². The Bertz CT molecular complexity index is 1400. The summed E-state index contributed by atoms with van der Waals surface area (Å²) in [7, 11) is -4.02. The van der Waals surface area contributed by atoms with Gasteiger partial charge in [-0.05, 0) is 41.7 Å². The molecule has 0 aliphatic heterocycles. The first-order chi connectivity index (χ1) is 14.9. The second-order valence-electron chi connectivity index (χ2n) is 8.30. The maximum absolute atomic E-state index is 13.2. The zero-order valence-corrected chi connectivity index (χ0v) is 18.9. The standard InChI is InChI=1S/C22H24N4O5S/c1-14-9-10-15(22(2,3)4)13-18(14)32(30,31)25-17-8-6-5-7-16(17)20(28)24-26-12-11-19(27)23-21(26)29/h5-13,25H,1-4H3,(H,24,28)(H,23,27,29). The minimum absolute atomic E-state index is 0.00111. The highest BCUT2D eigenvalue weighted by molar-refractivity contribution is 7.92. The number of anilines is 1. The molecule has 0 bridgehead atoms. The van der Waals surface area contributed by atoms with Gasteiger partial charge < -0.3 is 0 Å². The minimum Gasteiger partial charge on any atom is -0.279 e. The molecule has 0 aliphatic carbocycles. The van der Waals surface area contributed by atoms with Gasteiger partial charge in [0.05, 0.1) is 16.1 Å². The minimum atomic E-state index is -4.02. The summed E-state index contributed by atoms with van der Waals surface area (Å²) in [6.07, 6.45) is 1.10. The molecule has 168 valence electrons. The van der Waals surface area contributed by atoms with Crippen LogP contribution in [-0.4, -0.2) is 24.0 Å². The molecule has 9 nitrogen and oxygen atoms in total. The molecule has 0 fully saturated rings. The van der Waals surface area contributed by atoms with Crippen molar-refractivity contribution < 1.29 is 13.2 Å². The van der Waals surface area contributed by atoms with Crippen molar-refractivity contribution in [1.29, 1.82) is 0 Å². The van der Waals surface area contributed by atoms with Gasteiger partial charge in [0.15, 0.2) is 0 Å². The number of nitrogens with one attached hydrogen (secondary N) is 3. The van der Waals surface area contributed by atoms with Gasteiger partial charge in [0.1, 0.15) is 0 Å². The first-order valence-corrected chi connectivity index (χ1v) is 11.2. The van der Waals surface area contributed by atoms with E-state index in [1.165, 1.54) is 12.1 Å². The number of H-pyrrole nitrogens is 1. The molecule has 0 unspecified atom stereocenters. The highest BCUT2D eigenvalue weighted by Gasteiger charge is 2.23. The van der Waals surface area contributed by atoms with Gasteiger partial charge in [-0.2, -0.15) is 0 Å². The van der Waals surface area contributed by atoms with E-state index < -0.39 is 27.2 Å².